The molecule has 0 spiro atoms. The van der Waals surface area contributed by atoms with Crippen molar-refractivity contribution in [2.45, 2.75) is 25.1 Å². The van der Waals surface area contributed by atoms with Gasteiger partial charge in [-0.1, -0.05) is 53.8 Å². The number of benzene rings is 2. The van der Waals surface area contributed by atoms with Crippen molar-refractivity contribution in [2.24, 2.45) is 0 Å². The third-order valence-corrected chi connectivity index (χ3v) is 4.29. The van der Waals surface area contributed by atoms with Crippen molar-refractivity contribution in [1.29, 1.82) is 0 Å². The van der Waals surface area contributed by atoms with Crippen LogP contribution in [0.2, 0.25) is 5.02 Å². The highest BCUT2D eigenvalue weighted by Gasteiger charge is 2.48. The van der Waals surface area contributed by atoms with E-state index in [4.69, 9.17) is 21.4 Å². The van der Waals surface area contributed by atoms with Crippen molar-refractivity contribution in [1.82, 2.24) is 0 Å². The van der Waals surface area contributed by atoms with Crippen molar-refractivity contribution < 1.29 is 27.8 Å². The maximum absolute atomic E-state index is 13.3. The molecule has 2 aromatic carbocycles. The SMILES string of the molecule is O=C(O)C1=Cc2cc(Cl)cc(CC#CCc3ccccc3)c2OC1C(F)(F)F. The molecule has 0 saturated heterocycles. The van der Waals surface area contributed by atoms with Gasteiger partial charge in [0.05, 0.1) is 5.57 Å². The summed E-state index contributed by atoms with van der Waals surface area (Å²) in [5.41, 5.74) is 0.692. The summed E-state index contributed by atoms with van der Waals surface area (Å²) in [6, 6.07) is 12.4. The summed E-state index contributed by atoms with van der Waals surface area (Å²) in [6.07, 6.45) is -5.84. The zero-order valence-electron chi connectivity index (χ0n) is 14.4. The average Bonchev–Trinajstić information content (AvgIpc) is 2.64. The van der Waals surface area contributed by atoms with Crippen molar-refractivity contribution in [3.63, 3.8) is 0 Å². The van der Waals surface area contributed by atoms with E-state index < -0.39 is 23.8 Å². The summed E-state index contributed by atoms with van der Waals surface area (Å²) in [5, 5.41) is 9.37. The standard InChI is InChI=1S/C21H14ClF3O3/c22-16-10-14(9-5-4-8-13-6-2-1-3-7-13)18-15(11-16)12-17(20(26)27)19(28-18)21(23,24)25/h1-3,6-7,10-12,19H,8-9H2,(H,26,27). The highest BCUT2D eigenvalue weighted by Crippen LogP contribution is 2.40. The molecule has 0 aliphatic carbocycles. The summed E-state index contributed by atoms with van der Waals surface area (Å²) in [6.45, 7) is 0. The normalized spacial score (nSPS) is 15.6. The molecular formula is C21H14ClF3O3. The number of halogens is 4. The van der Waals surface area contributed by atoms with Gasteiger partial charge in [-0.25, -0.2) is 4.79 Å². The molecule has 0 radical (unpaired) electrons. The monoisotopic (exact) mass is 406 g/mol. The Morgan fingerprint density at radius 3 is 2.46 bits per heavy atom. The van der Waals surface area contributed by atoms with Crippen molar-refractivity contribution in [3.8, 4) is 17.6 Å². The molecule has 0 aromatic heterocycles. The van der Waals surface area contributed by atoms with Crippen molar-refractivity contribution in [3.05, 3.63) is 69.8 Å². The first-order valence-electron chi connectivity index (χ1n) is 8.26. The number of carboxylic acids is 1. The minimum Gasteiger partial charge on any atom is -0.478 e. The summed E-state index contributed by atoms with van der Waals surface area (Å²) >= 11 is 6.04. The van der Waals surface area contributed by atoms with E-state index in [1.165, 1.54) is 12.1 Å². The van der Waals surface area contributed by atoms with Crippen LogP contribution in [0.1, 0.15) is 16.7 Å². The lowest BCUT2D eigenvalue weighted by Crippen LogP contribution is -2.40. The first kappa shape index (κ1) is 19.8. The number of carbonyl (C=O) groups is 1. The van der Waals surface area contributed by atoms with Gasteiger partial charge in [-0.2, -0.15) is 13.2 Å². The summed E-state index contributed by atoms with van der Waals surface area (Å²) < 4.78 is 44.9. The van der Waals surface area contributed by atoms with Crippen LogP contribution >= 0.6 is 11.6 Å². The van der Waals surface area contributed by atoms with Crippen LogP contribution in [0.3, 0.4) is 0 Å². The molecule has 2 aromatic rings. The Morgan fingerprint density at radius 1 is 1.14 bits per heavy atom. The molecule has 144 valence electrons. The summed E-state index contributed by atoms with van der Waals surface area (Å²) in [7, 11) is 0. The van der Waals surface area contributed by atoms with Gasteiger partial charge in [0.1, 0.15) is 5.75 Å². The van der Waals surface area contributed by atoms with Gasteiger partial charge in [0, 0.05) is 29.0 Å². The smallest absolute Gasteiger partial charge is 0.430 e. The van der Waals surface area contributed by atoms with Gasteiger partial charge in [-0.05, 0) is 23.8 Å². The number of alkyl halides is 3. The lowest BCUT2D eigenvalue weighted by Gasteiger charge is -2.28. The Labute approximate surface area is 164 Å². The van der Waals surface area contributed by atoms with Crippen LogP contribution in [-0.2, 0) is 17.6 Å². The molecular weight excluding hydrogens is 393 g/mol. The van der Waals surface area contributed by atoms with E-state index in [1.54, 1.807) is 0 Å². The Morgan fingerprint density at radius 2 is 1.82 bits per heavy atom. The second-order valence-electron chi connectivity index (χ2n) is 6.12. The first-order chi connectivity index (χ1) is 13.3. The molecule has 0 fully saturated rings. The second-order valence-corrected chi connectivity index (χ2v) is 6.56. The van der Waals surface area contributed by atoms with Gasteiger partial charge < -0.3 is 9.84 Å². The van der Waals surface area contributed by atoms with E-state index >= 15 is 0 Å². The summed E-state index contributed by atoms with van der Waals surface area (Å²) in [5.74, 6) is 4.13. The largest absolute Gasteiger partial charge is 0.478 e. The Bertz CT molecular complexity index is 986. The van der Waals surface area contributed by atoms with Crippen LogP contribution in [0.4, 0.5) is 13.2 Å². The number of rotatable bonds is 3. The molecule has 3 nitrogen and oxygen atoms in total. The lowest BCUT2D eigenvalue weighted by molar-refractivity contribution is -0.187. The van der Waals surface area contributed by atoms with Crippen LogP contribution in [0.15, 0.2) is 48.0 Å². The van der Waals surface area contributed by atoms with Gasteiger partial charge in [-0.15, -0.1) is 0 Å². The number of ether oxygens (including phenoxy) is 1. The second kappa shape index (κ2) is 7.99. The molecule has 1 aliphatic heterocycles. The number of hydrogen-bond donors (Lipinski definition) is 1. The van der Waals surface area contributed by atoms with Gasteiger partial charge in [0.25, 0.3) is 0 Å². The van der Waals surface area contributed by atoms with E-state index in [2.05, 4.69) is 11.8 Å². The maximum Gasteiger partial charge on any atom is 0.430 e. The van der Waals surface area contributed by atoms with E-state index in [1.807, 2.05) is 30.3 Å². The molecule has 3 rings (SSSR count). The molecule has 1 heterocycles. The molecule has 0 bridgehead atoms. The summed E-state index contributed by atoms with van der Waals surface area (Å²) in [4.78, 5) is 11.2. The molecule has 0 amide bonds. The number of fused-ring (bicyclic) bond motifs is 1. The Balaban J connectivity index is 1.91. The van der Waals surface area contributed by atoms with E-state index in [-0.39, 0.29) is 22.8 Å². The quantitative estimate of drug-likeness (QED) is 0.736. The molecule has 7 heteroatoms. The molecule has 28 heavy (non-hydrogen) atoms. The van der Waals surface area contributed by atoms with E-state index in [9.17, 15) is 18.0 Å². The molecule has 1 N–H and O–H groups in total. The number of hydrogen-bond acceptors (Lipinski definition) is 2. The van der Waals surface area contributed by atoms with Crippen LogP contribution in [-0.4, -0.2) is 23.4 Å². The minimum atomic E-state index is -4.86. The predicted octanol–water partition coefficient (Wildman–Crippen LogP) is 4.92. The zero-order chi connectivity index (χ0) is 20.3. The highest BCUT2D eigenvalue weighted by atomic mass is 35.5. The van der Waals surface area contributed by atoms with Crippen LogP contribution in [0.25, 0.3) is 6.08 Å². The predicted molar refractivity (Wildman–Crippen MR) is 99.2 cm³/mol. The topological polar surface area (TPSA) is 46.5 Å². The zero-order valence-corrected chi connectivity index (χ0v) is 15.1. The lowest BCUT2D eigenvalue weighted by atomic mass is 9.97. The maximum atomic E-state index is 13.3. The third-order valence-electron chi connectivity index (χ3n) is 4.07. The van der Waals surface area contributed by atoms with E-state index in [0.29, 0.717) is 12.0 Å². The fraction of sp³-hybridized carbons (Fsp3) is 0.190. The fourth-order valence-electron chi connectivity index (χ4n) is 2.82. The molecule has 1 unspecified atom stereocenters. The third kappa shape index (κ3) is 4.49. The van der Waals surface area contributed by atoms with Gasteiger partial charge in [0.15, 0.2) is 0 Å². The fourth-order valence-corrected chi connectivity index (χ4v) is 3.06. The van der Waals surface area contributed by atoms with Gasteiger partial charge in [0.2, 0.25) is 6.10 Å². The number of aliphatic carboxylic acids is 1. The Kier molecular flexibility index (Phi) is 5.66. The molecule has 0 saturated carbocycles. The Hall–Kier alpha value is -2.91. The molecule has 1 aliphatic rings. The molecule has 1 atom stereocenters. The van der Waals surface area contributed by atoms with E-state index in [0.717, 1.165) is 11.6 Å². The van der Waals surface area contributed by atoms with Gasteiger partial charge in [-0.3, -0.25) is 0 Å². The average molecular weight is 407 g/mol. The van der Waals surface area contributed by atoms with Crippen LogP contribution < -0.4 is 4.74 Å². The number of carboxylic acid groups (broad SMARTS) is 1. The van der Waals surface area contributed by atoms with Crippen LogP contribution in [0, 0.1) is 11.8 Å². The van der Waals surface area contributed by atoms with Crippen molar-refractivity contribution >= 4 is 23.6 Å². The first-order valence-corrected chi connectivity index (χ1v) is 8.64. The van der Waals surface area contributed by atoms with Crippen LogP contribution in [0.5, 0.6) is 5.75 Å². The highest BCUT2D eigenvalue weighted by molar-refractivity contribution is 6.31. The van der Waals surface area contributed by atoms with Gasteiger partial charge >= 0.3 is 12.1 Å². The minimum absolute atomic E-state index is 0.0502. The van der Waals surface area contributed by atoms with Crippen molar-refractivity contribution in [2.75, 3.05) is 0 Å².